The van der Waals surface area contributed by atoms with Crippen LogP contribution < -0.4 is 4.74 Å². The van der Waals surface area contributed by atoms with Crippen molar-refractivity contribution in [1.29, 1.82) is 0 Å². The normalized spacial score (nSPS) is 9.93. The second-order valence-electron chi connectivity index (χ2n) is 2.71. The Morgan fingerprint density at radius 1 is 1.57 bits per heavy atom. The number of carbonyl (C=O) groups is 1. The van der Waals surface area contributed by atoms with E-state index in [1.807, 2.05) is 0 Å². The van der Waals surface area contributed by atoms with Crippen LogP contribution in [0.5, 0.6) is 5.75 Å². The molecule has 76 valence electrons. The summed E-state index contributed by atoms with van der Waals surface area (Å²) >= 11 is 5.44. The van der Waals surface area contributed by atoms with Gasteiger partial charge in [0.2, 0.25) is 0 Å². The van der Waals surface area contributed by atoms with Gasteiger partial charge in [-0.2, -0.15) is 0 Å². The lowest BCUT2D eigenvalue weighted by Gasteiger charge is -2.06. The highest BCUT2D eigenvalue weighted by Gasteiger charge is 2.11. The third-order valence-electron chi connectivity index (χ3n) is 1.79. The van der Waals surface area contributed by atoms with Crippen LogP contribution in [-0.2, 0) is 0 Å². The van der Waals surface area contributed by atoms with Crippen LogP contribution in [0.2, 0.25) is 0 Å². The zero-order valence-electron chi connectivity index (χ0n) is 7.72. The fourth-order valence-electron chi connectivity index (χ4n) is 1.12. The third kappa shape index (κ3) is 2.45. The van der Waals surface area contributed by atoms with Gasteiger partial charge < -0.3 is 4.74 Å². The molecule has 0 heterocycles. The molecule has 14 heavy (non-hydrogen) atoms. The zero-order chi connectivity index (χ0) is 10.6. The third-order valence-corrected chi connectivity index (χ3v) is 1.97. The van der Waals surface area contributed by atoms with Crippen LogP contribution in [0.15, 0.2) is 18.2 Å². The summed E-state index contributed by atoms with van der Waals surface area (Å²) in [4.78, 5) is 11.4. The molecule has 0 spiro atoms. The molecule has 0 radical (unpaired) electrons. The Morgan fingerprint density at radius 3 is 2.86 bits per heavy atom. The number of Topliss-reactive ketones (excluding diaryl/α,β-unsaturated/α-hetero) is 1. The van der Waals surface area contributed by atoms with Crippen LogP contribution in [0.3, 0.4) is 0 Å². The van der Waals surface area contributed by atoms with E-state index in [0.29, 0.717) is 5.56 Å². The number of ketones is 1. The molecule has 1 aromatic rings. The molecular formula is C10H10ClFO2. The van der Waals surface area contributed by atoms with Gasteiger partial charge >= 0.3 is 0 Å². The number of hydrogen-bond donors (Lipinski definition) is 0. The van der Waals surface area contributed by atoms with E-state index in [0.717, 1.165) is 0 Å². The minimum atomic E-state index is -0.427. The maximum absolute atomic E-state index is 12.8. The molecule has 1 rings (SSSR count). The Balaban J connectivity index is 3.01. The summed E-state index contributed by atoms with van der Waals surface area (Å²) in [6.07, 6.45) is 0.226. The van der Waals surface area contributed by atoms with Gasteiger partial charge in [0.25, 0.3) is 0 Å². The summed E-state index contributed by atoms with van der Waals surface area (Å²) in [6.45, 7) is 0. The van der Waals surface area contributed by atoms with E-state index >= 15 is 0 Å². The molecule has 0 N–H and O–H groups in total. The predicted molar refractivity (Wildman–Crippen MR) is 52.6 cm³/mol. The Hall–Kier alpha value is -1.09. The van der Waals surface area contributed by atoms with E-state index in [9.17, 15) is 9.18 Å². The Kier molecular flexibility index (Phi) is 3.89. The average molecular weight is 217 g/mol. The van der Waals surface area contributed by atoms with Gasteiger partial charge in [0.05, 0.1) is 12.7 Å². The first-order chi connectivity index (χ1) is 6.69. The molecule has 2 nitrogen and oxygen atoms in total. The van der Waals surface area contributed by atoms with Crippen LogP contribution in [0.25, 0.3) is 0 Å². The first-order valence-electron chi connectivity index (χ1n) is 4.11. The monoisotopic (exact) mass is 216 g/mol. The molecule has 0 saturated heterocycles. The molecule has 4 heteroatoms. The first-order valence-corrected chi connectivity index (χ1v) is 4.65. The summed E-state index contributed by atoms with van der Waals surface area (Å²) in [6, 6.07) is 3.81. The summed E-state index contributed by atoms with van der Waals surface area (Å²) < 4.78 is 17.7. The van der Waals surface area contributed by atoms with Gasteiger partial charge in [-0.15, -0.1) is 11.6 Å². The Labute approximate surface area is 86.6 Å². The van der Waals surface area contributed by atoms with Crippen molar-refractivity contribution in [3.8, 4) is 5.75 Å². The summed E-state index contributed by atoms with van der Waals surface area (Å²) in [5.41, 5.74) is 0.370. The quantitative estimate of drug-likeness (QED) is 0.571. The second-order valence-corrected chi connectivity index (χ2v) is 3.08. The van der Waals surface area contributed by atoms with Crippen molar-refractivity contribution in [3.05, 3.63) is 29.6 Å². The molecule has 0 aliphatic heterocycles. The SMILES string of the molecule is COc1cc(F)ccc1C(=O)CCCl. The molecule has 0 unspecified atom stereocenters. The number of halogens is 2. The van der Waals surface area contributed by atoms with E-state index in [1.165, 1.54) is 25.3 Å². The van der Waals surface area contributed by atoms with Crippen LogP contribution in [0, 0.1) is 5.82 Å². The molecule has 0 aromatic heterocycles. The summed E-state index contributed by atoms with van der Waals surface area (Å²) in [5, 5.41) is 0. The van der Waals surface area contributed by atoms with Gasteiger partial charge in [0.15, 0.2) is 5.78 Å². The van der Waals surface area contributed by atoms with E-state index in [1.54, 1.807) is 0 Å². The van der Waals surface area contributed by atoms with E-state index in [4.69, 9.17) is 16.3 Å². The molecule has 0 bridgehead atoms. The number of methoxy groups -OCH3 is 1. The predicted octanol–water partition coefficient (Wildman–Crippen LogP) is 2.65. The molecule has 0 fully saturated rings. The Bertz CT molecular complexity index is 339. The smallest absolute Gasteiger partial charge is 0.167 e. The second kappa shape index (κ2) is 4.96. The number of ether oxygens (including phenoxy) is 1. The summed E-state index contributed by atoms with van der Waals surface area (Å²) in [5.74, 6) is -0.0689. The standard InChI is InChI=1S/C10H10ClFO2/c1-14-10-6-7(12)2-3-8(10)9(13)4-5-11/h2-3,6H,4-5H2,1H3. The van der Waals surface area contributed by atoms with Crippen molar-refractivity contribution in [2.45, 2.75) is 6.42 Å². The minimum absolute atomic E-state index is 0.142. The number of benzene rings is 1. The van der Waals surface area contributed by atoms with Gasteiger partial charge in [0, 0.05) is 18.4 Å². The van der Waals surface area contributed by atoms with Crippen molar-refractivity contribution < 1.29 is 13.9 Å². The molecule has 1 aromatic carbocycles. The van der Waals surface area contributed by atoms with Gasteiger partial charge in [-0.05, 0) is 12.1 Å². The van der Waals surface area contributed by atoms with Crippen molar-refractivity contribution >= 4 is 17.4 Å². The van der Waals surface area contributed by atoms with Crippen molar-refractivity contribution in [3.63, 3.8) is 0 Å². The van der Waals surface area contributed by atoms with Gasteiger partial charge in [0.1, 0.15) is 11.6 Å². The van der Waals surface area contributed by atoms with Crippen LogP contribution >= 0.6 is 11.6 Å². The fourth-order valence-corrected chi connectivity index (χ4v) is 1.29. The maximum atomic E-state index is 12.8. The lowest BCUT2D eigenvalue weighted by molar-refractivity contribution is 0.0986. The number of rotatable bonds is 4. The molecule has 0 aliphatic carbocycles. The van der Waals surface area contributed by atoms with Gasteiger partial charge in [-0.1, -0.05) is 0 Å². The largest absolute Gasteiger partial charge is 0.496 e. The topological polar surface area (TPSA) is 26.3 Å². The molecular weight excluding hydrogens is 207 g/mol. The Morgan fingerprint density at radius 2 is 2.29 bits per heavy atom. The fraction of sp³-hybridized carbons (Fsp3) is 0.300. The molecule has 0 saturated carbocycles. The zero-order valence-corrected chi connectivity index (χ0v) is 8.47. The average Bonchev–Trinajstić information content (AvgIpc) is 2.17. The lowest BCUT2D eigenvalue weighted by atomic mass is 10.1. The van der Waals surface area contributed by atoms with Crippen LogP contribution in [0.1, 0.15) is 16.8 Å². The number of carbonyl (C=O) groups excluding carboxylic acids is 1. The highest BCUT2D eigenvalue weighted by Crippen LogP contribution is 2.21. The molecule has 0 amide bonds. The van der Waals surface area contributed by atoms with Crippen LogP contribution in [0.4, 0.5) is 4.39 Å². The number of alkyl halides is 1. The van der Waals surface area contributed by atoms with Crippen molar-refractivity contribution in [2.75, 3.05) is 13.0 Å². The highest BCUT2D eigenvalue weighted by atomic mass is 35.5. The number of hydrogen-bond acceptors (Lipinski definition) is 2. The minimum Gasteiger partial charge on any atom is -0.496 e. The van der Waals surface area contributed by atoms with Crippen molar-refractivity contribution in [2.24, 2.45) is 0 Å². The van der Waals surface area contributed by atoms with Crippen molar-refractivity contribution in [1.82, 2.24) is 0 Å². The highest BCUT2D eigenvalue weighted by molar-refractivity contribution is 6.19. The van der Waals surface area contributed by atoms with Crippen LogP contribution in [-0.4, -0.2) is 18.8 Å². The molecule has 0 aliphatic rings. The summed E-state index contributed by atoms with van der Waals surface area (Å²) in [7, 11) is 1.40. The van der Waals surface area contributed by atoms with Gasteiger partial charge in [-0.3, -0.25) is 4.79 Å². The van der Waals surface area contributed by atoms with E-state index in [2.05, 4.69) is 0 Å². The first kappa shape index (κ1) is 11.0. The molecule has 0 atom stereocenters. The van der Waals surface area contributed by atoms with E-state index in [-0.39, 0.29) is 23.8 Å². The maximum Gasteiger partial charge on any atom is 0.167 e. The van der Waals surface area contributed by atoms with E-state index < -0.39 is 5.82 Å². The van der Waals surface area contributed by atoms with Gasteiger partial charge in [-0.25, -0.2) is 4.39 Å². The lowest BCUT2D eigenvalue weighted by Crippen LogP contribution is -2.03.